The van der Waals surface area contributed by atoms with Crippen LogP contribution in [0.3, 0.4) is 0 Å². The minimum Gasteiger partial charge on any atom is -0.469 e. The second-order valence-electron chi connectivity index (χ2n) is 6.19. The van der Waals surface area contributed by atoms with Crippen molar-refractivity contribution in [1.29, 1.82) is 0 Å². The molecule has 2 fully saturated rings. The van der Waals surface area contributed by atoms with Crippen LogP contribution < -0.4 is 0 Å². The Morgan fingerprint density at radius 3 is 2.52 bits per heavy atom. The highest BCUT2D eigenvalue weighted by atomic mass is 16.5. The fourth-order valence-corrected chi connectivity index (χ4v) is 3.19. The van der Waals surface area contributed by atoms with Crippen LogP contribution in [0.4, 0.5) is 0 Å². The van der Waals surface area contributed by atoms with Gasteiger partial charge in [0, 0.05) is 32.1 Å². The lowest BCUT2D eigenvalue weighted by atomic mass is 9.96. The first kappa shape index (κ1) is 15.8. The van der Waals surface area contributed by atoms with E-state index in [4.69, 9.17) is 4.74 Å². The van der Waals surface area contributed by atoms with Gasteiger partial charge in [0.25, 0.3) is 0 Å². The van der Waals surface area contributed by atoms with E-state index in [9.17, 15) is 14.4 Å². The zero-order valence-electron chi connectivity index (χ0n) is 13.0. The molecule has 21 heavy (non-hydrogen) atoms. The summed E-state index contributed by atoms with van der Waals surface area (Å²) in [4.78, 5) is 39.6. The number of hydrogen-bond donors (Lipinski definition) is 0. The predicted molar refractivity (Wildman–Crippen MR) is 76.3 cm³/mol. The molecule has 0 aliphatic carbocycles. The van der Waals surface area contributed by atoms with E-state index in [1.165, 1.54) is 7.11 Å². The van der Waals surface area contributed by atoms with E-state index in [0.717, 1.165) is 12.8 Å². The molecule has 0 saturated carbocycles. The zero-order chi connectivity index (χ0) is 15.6. The smallest absolute Gasteiger partial charge is 0.310 e. The topological polar surface area (TPSA) is 66.9 Å². The summed E-state index contributed by atoms with van der Waals surface area (Å²) in [6, 6.07) is 0.125. The Labute approximate surface area is 125 Å². The Hall–Kier alpha value is -1.59. The van der Waals surface area contributed by atoms with E-state index in [1.807, 2.05) is 13.8 Å². The first-order valence-electron chi connectivity index (χ1n) is 7.60. The number of amides is 2. The van der Waals surface area contributed by atoms with Crippen molar-refractivity contribution in [2.24, 2.45) is 11.8 Å². The van der Waals surface area contributed by atoms with Gasteiger partial charge in [-0.05, 0) is 26.7 Å². The highest BCUT2D eigenvalue weighted by Crippen LogP contribution is 2.25. The lowest BCUT2D eigenvalue weighted by molar-refractivity contribution is -0.149. The number of carbonyl (C=O) groups is 3. The fourth-order valence-electron chi connectivity index (χ4n) is 3.19. The van der Waals surface area contributed by atoms with Gasteiger partial charge in [-0.25, -0.2) is 0 Å². The van der Waals surface area contributed by atoms with Crippen LogP contribution in [-0.4, -0.2) is 60.4 Å². The molecule has 2 aliphatic rings. The fraction of sp³-hybridized carbons (Fsp3) is 0.800. The molecule has 1 unspecified atom stereocenters. The van der Waals surface area contributed by atoms with Crippen LogP contribution in [0.2, 0.25) is 0 Å². The molecule has 2 saturated heterocycles. The average molecular weight is 296 g/mol. The first-order valence-corrected chi connectivity index (χ1v) is 7.60. The van der Waals surface area contributed by atoms with Gasteiger partial charge in [-0.3, -0.25) is 14.4 Å². The highest BCUT2D eigenvalue weighted by Gasteiger charge is 2.39. The molecule has 6 nitrogen and oxygen atoms in total. The second kappa shape index (κ2) is 6.45. The van der Waals surface area contributed by atoms with Crippen LogP contribution in [0.25, 0.3) is 0 Å². The maximum Gasteiger partial charge on any atom is 0.310 e. The zero-order valence-corrected chi connectivity index (χ0v) is 13.0. The number of methoxy groups -OCH3 is 1. The number of carbonyl (C=O) groups excluding carboxylic acids is 3. The molecule has 0 spiro atoms. The summed E-state index contributed by atoms with van der Waals surface area (Å²) in [6.45, 7) is 5.49. The largest absolute Gasteiger partial charge is 0.469 e. The summed E-state index contributed by atoms with van der Waals surface area (Å²) in [5.74, 6) is -0.703. The Morgan fingerprint density at radius 2 is 1.95 bits per heavy atom. The Kier molecular flexibility index (Phi) is 4.85. The van der Waals surface area contributed by atoms with Crippen LogP contribution in [0, 0.1) is 11.8 Å². The van der Waals surface area contributed by atoms with Crippen molar-refractivity contribution in [3.05, 3.63) is 0 Å². The lowest BCUT2D eigenvalue weighted by Gasteiger charge is -2.33. The third kappa shape index (κ3) is 3.36. The quantitative estimate of drug-likeness (QED) is 0.717. The second-order valence-corrected chi connectivity index (χ2v) is 6.19. The normalized spacial score (nSPS) is 26.4. The SMILES string of the molecule is COC(=O)[C@H]1CCCN(C(=O)C2CC(=O)N(C(C)C)C2)C1. The molecule has 2 rings (SSSR count). The number of hydrogen-bond acceptors (Lipinski definition) is 4. The standard InChI is InChI=1S/C15H24N2O4/c1-10(2)17-9-12(7-13(17)18)14(19)16-6-4-5-11(8-16)15(20)21-3/h10-12H,4-9H2,1-3H3/t11-,12?/m0/s1. The summed E-state index contributed by atoms with van der Waals surface area (Å²) in [6.07, 6.45) is 1.86. The van der Waals surface area contributed by atoms with Gasteiger partial charge in [-0.15, -0.1) is 0 Å². The summed E-state index contributed by atoms with van der Waals surface area (Å²) in [5.41, 5.74) is 0. The number of rotatable bonds is 3. The van der Waals surface area contributed by atoms with Crippen molar-refractivity contribution in [3.8, 4) is 0 Å². The van der Waals surface area contributed by atoms with Crippen molar-refractivity contribution >= 4 is 17.8 Å². The van der Waals surface area contributed by atoms with Crippen molar-refractivity contribution in [1.82, 2.24) is 9.80 Å². The summed E-state index contributed by atoms with van der Waals surface area (Å²) < 4.78 is 4.77. The lowest BCUT2D eigenvalue weighted by Crippen LogP contribution is -2.45. The van der Waals surface area contributed by atoms with Crippen LogP contribution in [0.15, 0.2) is 0 Å². The number of nitrogens with zero attached hydrogens (tertiary/aromatic N) is 2. The van der Waals surface area contributed by atoms with Crippen LogP contribution >= 0.6 is 0 Å². The summed E-state index contributed by atoms with van der Waals surface area (Å²) >= 11 is 0. The molecule has 0 aromatic carbocycles. The minimum atomic E-state index is -0.267. The Bertz CT molecular complexity index is 435. The van der Waals surface area contributed by atoms with E-state index in [2.05, 4.69) is 0 Å². The van der Waals surface area contributed by atoms with E-state index in [1.54, 1.807) is 9.80 Å². The molecule has 2 amide bonds. The molecule has 0 aromatic heterocycles. The van der Waals surface area contributed by atoms with E-state index < -0.39 is 0 Å². The van der Waals surface area contributed by atoms with Crippen LogP contribution in [0.5, 0.6) is 0 Å². The molecular formula is C15H24N2O4. The number of ether oxygens (including phenoxy) is 1. The maximum absolute atomic E-state index is 12.6. The summed E-state index contributed by atoms with van der Waals surface area (Å²) in [7, 11) is 1.37. The average Bonchev–Trinajstić information content (AvgIpc) is 2.88. The van der Waals surface area contributed by atoms with Crippen molar-refractivity contribution in [2.75, 3.05) is 26.7 Å². The molecule has 6 heteroatoms. The Balaban J connectivity index is 1.97. The van der Waals surface area contributed by atoms with Crippen LogP contribution in [0.1, 0.15) is 33.1 Å². The molecule has 0 bridgehead atoms. The van der Waals surface area contributed by atoms with Gasteiger partial charge < -0.3 is 14.5 Å². The molecule has 118 valence electrons. The van der Waals surface area contributed by atoms with Crippen molar-refractivity contribution < 1.29 is 19.1 Å². The molecule has 0 N–H and O–H groups in total. The van der Waals surface area contributed by atoms with E-state index in [0.29, 0.717) is 19.6 Å². The van der Waals surface area contributed by atoms with E-state index >= 15 is 0 Å². The van der Waals surface area contributed by atoms with Gasteiger partial charge >= 0.3 is 5.97 Å². The van der Waals surface area contributed by atoms with Gasteiger partial charge in [-0.2, -0.15) is 0 Å². The van der Waals surface area contributed by atoms with Crippen LogP contribution in [-0.2, 0) is 19.1 Å². The first-order chi connectivity index (χ1) is 9.93. The highest BCUT2D eigenvalue weighted by molar-refractivity contribution is 5.89. The molecule has 0 radical (unpaired) electrons. The van der Waals surface area contributed by atoms with Gasteiger partial charge in [-0.1, -0.05) is 0 Å². The predicted octanol–water partition coefficient (Wildman–Crippen LogP) is 0.655. The van der Waals surface area contributed by atoms with Gasteiger partial charge in [0.1, 0.15) is 0 Å². The number of piperidine rings is 1. The minimum absolute atomic E-state index is 0.0000954. The molecular weight excluding hydrogens is 272 g/mol. The molecule has 2 heterocycles. The third-order valence-corrected chi connectivity index (χ3v) is 4.40. The van der Waals surface area contributed by atoms with E-state index in [-0.39, 0.29) is 42.1 Å². The third-order valence-electron chi connectivity index (χ3n) is 4.40. The number of likely N-dealkylation sites (tertiary alicyclic amines) is 2. The Morgan fingerprint density at radius 1 is 1.24 bits per heavy atom. The van der Waals surface area contributed by atoms with Gasteiger partial charge in [0.2, 0.25) is 11.8 Å². The summed E-state index contributed by atoms with van der Waals surface area (Å²) in [5, 5.41) is 0. The molecule has 0 aromatic rings. The van der Waals surface area contributed by atoms with Gasteiger partial charge in [0.15, 0.2) is 0 Å². The monoisotopic (exact) mass is 296 g/mol. The molecule has 2 aliphatic heterocycles. The van der Waals surface area contributed by atoms with Crippen molar-refractivity contribution in [2.45, 2.75) is 39.2 Å². The maximum atomic E-state index is 12.6. The van der Waals surface area contributed by atoms with Crippen molar-refractivity contribution in [3.63, 3.8) is 0 Å². The number of esters is 1. The molecule has 2 atom stereocenters. The van der Waals surface area contributed by atoms with Gasteiger partial charge in [0.05, 0.1) is 18.9 Å².